The zero-order chi connectivity index (χ0) is 47.2. The van der Waals surface area contributed by atoms with E-state index in [9.17, 15) is 0 Å². The molecule has 0 unspecified atom stereocenters. The van der Waals surface area contributed by atoms with E-state index in [1.165, 1.54) is 111 Å². The third-order valence-electron chi connectivity index (χ3n) is 13.6. The van der Waals surface area contributed by atoms with Gasteiger partial charge in [0.05, 0.1) is 5.41 Å². The van der Waals surface area contributed by atoms with Crippen molar-refractivity contribution in [3.05, 3.63) is 299 Å². The van der Waals surface area contributed by atoms with E-state index in [0.29, 0.717) is 0 Å². The summed E-state index contributed by atoms with van der Waals surface area (Å²) in [6.45, 7) is 19.0. The van der Waals surface area contributed by atoms with Crippen LogP contribution in [0.25, 0.3) is 67.4 Å². The van der Waals surface area contributed by atoms with Crippen LogP contribution in [-0.4, -0.2) is 0 Å². The minimum atomic E-state index is -0.472. The maximum Gasteiger partial charge on any atom is 0.0714 e. The molecule has 68 heavy (non-hydrogen) atoms. The summed E-state index contributed by atoms with van der Waals surface area (Å²) < 4.78 is 0. The average Bonchev–Trinajstić information content (AvgIpc) is 3.68. The van der Waals surface area contributed by atoms with Crippen molar-refractivity contribution < 1.29 is 0 Å². The Hall–Kier alpha value is -8.06. The van der Waals surface area contributed by atoms with Gasteiger partial charge in [-0.2, -0.15) is 0 Å². The molecule has 0 spiro atoms. The summed E-state index contributed by atoms with van der Waals surface area (Å²) in [7, 11) is 0. The number of rotatable bonds is 7. The van der Waals surface area contributed by atoms with E-state index in [-0.39, 0.29) is 0 Å². The fourth-order valence-corrected chi connectivity index (χ4v) is 10.3. The molecule has 0 radical (unpaired) electrons. The fraction of sp³-hybridized carbons (Fsp3) is 0.0882. The Bertz CT molecular complexity index is 3370. The molecule has 0 atom stereocenters. The van der Waals surface area contributed by atoms with Crippen molar-refractivity contribution in [3.63, 3.8) is 0 Å². The van der Waals surface area contributed by atoms with Gasteiger partial charge in [0.15, 0.2) is 0 Å². The van der Waals surface area contributed by atoms with Gasteiger partial charge in [-0.25, -0.2) is 0 Å². The van der Waals surface area contributed by atoms with Crippen molar-refractivity contribution in [2.24, 2.45) is 0 Å². The predicted octanol–water partition coefficient (Wildman–Crippen LogP) is 18.4. The Morgan fingerprint density at radius 1 is 0.338 bits per heavy atom. The lowest BCUT2D eigenvalue weighted by atomic mass is 9.67. The van der Waals surface area contributed by atoms with Gasteiger partial charge in [-0.15, -0.1) is 0 Å². The van der Waals surface area contributed by atoms with Crippen LogP contribution in [0.4, 0.5) is 0 Å². The predicted molar refractivity (Wildman–Crippen MR) is 294 cm³/mol. The Morgan fingerprint density at radius 3 is 1.53 bits per heavy atom. The van der Waals surface area contributed by atoms with Crippen LogP contribution in [0.5, 0.6) is 0 Å². The molecule has 10 aromatic carbocycles. The van der Waals surface area contributed by atoms with Crippen LogP contribution in [0.3, 0.4) is 0 Å². The molecule has 0 N–H and O–H groups in total. The van der Waals surface area contributed by atoms with Crippen molar-refractivity contribution in [3.8, 4) is 44.5 Å². The fourth-order valence-electron chi connectivity index (χ4n) is 10.3. The first kappa shape index (κ1) is 45.1. The van der Waals surface area contributed by atoms with E-state index in [1.54, 1.807) is 0 Å². The molecule has 0 saturated heterocycles. The number of aryl methyl sites for hydroxylation is 5. The van der Waals surface area contributed by atoms with Crippen molar-refractivity contribution in [2.45, 2.75) is 40.0 Å². The summed E-state index contributed by atoms with van der Waals surface area (Å²) in [5, 5.41) is 2.62. The zero-order valence-electron chi connectivity index (χ0n) is 39.9. The second kappa shape index (κ2) is 19.8. The first-order chi connectivity index (χ1) is 33.2. The highest BCUT2D eigenvalue weighted by Gasteiger charge is 2.47. The van der Waals surface area contributed by atoms with E-state index >= 15 is 0 Å². The molecule has 0 aromatic heterocycles. The van der Waals surface area contributed by atoms with Gasteiger partial charge in [-0.1, -0.05) is 255 Å². The smallest absolute Gasteiger partial charge is 0.0714 e. The van der Waals surface area contributed by atoms with Crippen molar-refractivity contribution in [1.82, 2.24) is 0 Å². The lowest BCUT2D eigenvalue weighted by Crippen LogP contribution is -2.28. The van der Waals surface area contributed by atoms with Crippen LogP contribution in [0.1, 0.15) is 61.2 Å². The molecule has 10 aromatic rings. The molecule has 330 valence electrons. The Morgan fingerprint density at radius 2 is 0.897 bits per heavy atom. The lowest BCUT2D eigenvalue weighted by molar-refractivity contribution is 0.768. The molecule has 0 saturated carbocycles. The quantitative estimate of drug-likeness (QED) is 0.150. The lowest BCUT2D eigenvalue weighted by Gasteiger charge is -2.34. The van der Waals surface area contributed by atoms with Gasteiger partial charge in [0, 0.05) is 0 Å². The van der Waals surface area contributed by atoms with Crippen LogP contribution < -0.4 is 0 Å². The second-order valence-electron chi connectivity index (χ2n) is 18.0. The summed E-state index contributed by atoms with van der Waals surface area (Å²) >= 11 is 0. The molecule has 0 amide bonds. The minimum absolute atomic E-state index is 0.472. The number of fused-ring (bicyclic) bond motifs is 5. The van der Waals surface area contributed by atoms with Gasteiger partial charge in [0.2, 0.25) is 0 Å². The van der Waals surface area contributed by atoms with E-state index < -0.39 is 5.41 Å². The summed E-state index contributed by atoms with van der Waals surface area (Å²) in [4.78, 5) is 0. The van der Waals surface area contributed by atoms with Gasteiger partial charge >= 0.3 is 0 Å². The third kappa shape index (κ3) is 8.47. The standard InChI is InChI=1S/C45H34.C16H16.C7H8/c1-4-35-38(24-15-25-39(35)36-21-12-11-16-30(36)2)32-26-27-41-42(29-32)45(33-17-7-5-8-18-33,34-19-9-6-10-20-34)43-28-31(3)37-22-13-14-23-40(37)44(41)43;1-4-14-7-5-6-8-15(14)16-11-12(2)9-10-13(16)3;1-7-5-3-2-4-6-7/h4-29H,1H2,2-3H3;4-11H,1H2,2-3H3;2-6H,1H3. The van der Waals surface area contributed by atoms with Crippen molar-refractivity contribution in [1.29, 1.82) is 0 Å². The van der Waals surface area contributed by atoms with Crippen molar-refractivity contribution in [2.75, 3.05) is 0 Å². The van der Waals surface area contributed by atoms with E-state index in [4.69, 9.17) is 0 Å². The van der Waals surface area contributed by atoms with Crippen LogP contribution in [0, 0.1) is 34.6 Å². The molecular weight excluding hydrogens is 817 g/mol. The molecule has 0 heterocycles. The van der Waals surface area contributed by atoms with Crippen LogP contribution in [0.2, 0.25) is 0 Å². The maximum absolute atomic E-state index is 4.31. The number of hydrogen-bond acceptors (Lipinski definition) is 0. The zero-order valence-corrected chi connectivity index (χ0v) is 39.9. The molecule has 1 aliphatic carbocycles. The van der Waals surface area contributed by atoms with Crippen LogP contribution in [0.15, 0.2) is 238 Å². The third-order valence-corrected chi connectivity index (χ3v) is 13.6. The first-order valence-corrected chi connectivity index (χ1v) is 23.7. The minimum Gasteiger partial charge on any atom is -0.0984 e. The highest BCUT2D eigenvalue weighted by molar-refractivity contribution is 6.06. The highest BCUT2D eigenvalue weighted by atomic mass is 14.5. The average molecular weight is 875 g/mol. The molecular formula is C68H58. The molecule has 0 heteroatoms. The van der Waals surface area contributed by atoms with Gasteiger partial charge in [-0.05, 0) is 146 Å². The molecule has 0 bridgehead atoms. The van der Waals surface area contributed by atoms with E-state index in [1.807, 2.05) is 36.4 Å². The second-order valence-corrected chi connectivity index (χ2v) is 18.0. The van der Waals surface area contributed by atoms with Crippen molar-refractivity contribution >= 4 is 22.9 Å². The van der Waals surface area contributed by atoms with Gasteiger partial charge in [-0.3, -0.25) is 0 Å². The van der Waals surface area contributed by atoms with E-state index in [0.717, 1.165) is 5.56 Å². The molecule has 0 aliphatic heterocycles. The topological polar surface area (TPSA) is 0 Å². The largest absolute Gasteiger partial charge is 0.0984 e. The van der Waals surface area contributed by atoms with Crippen LogP contribution in [-0.2, 0) is 5.41 Å². The SMILES string of the molecule is C=Cc1c(-c2ccc3c(c2)C(c2ccccc2)(c2ccccc2)c2cc(C)c4ccccc4c2-3)cccc1-c1ccccc1C.C=Cc1ccccc1-c1cc(C)ccc1C.Cc1ccccc1. The first-order valence-electron chi connectivity index (χ1n) is 23.7. The maximum atomic E-state index is 4.31. The summed E-state index contributed by atoms with van der Waals surface area (Å²) in [5.74, 6) is 0. The monoisotopic (exact) mass is 874 g/mol. The Kier molecular flexibility index (Phi) is 13.1. The molecule has 0 fully saturated rings. The Balaban J connectivity index is 0.000000205. The summed E-state index contributed by atoms with van der Waals surface area (Å²) in [5.41, 5.74) is 23.6. The summed E-state index contributed by atoms with van der Waals surface area (Å²) in [6, 6.07) is 81.1. The van der Waals surface area contributed by atoms with Crippen LogP contribution >= 0.6 is 0 Å². The van der Waals surface area contributed by atoms with Gasteiger partial charge < -0.3 is 0 Å². The molecule has 1 aliphatic rings. The molecule has 0 nitrogen and oxygen atoms in total. The Labute approximate surface area is 404 Å². The van der Waals surface area contributed by atoms with Gasteiger partial charge in [0.25, 0.3) is 0 Å². The van der Waals surface area contributed by atoms with Gasteiger partial charge in [0.1, 0.15) is 0 Å². The number of benzene rings is 10. The summed E-state index contributed by atoms with van der Waals surface area (Å²) in [6.07, 6.45) is 3.94. The highest BCUT2D eigenvalue weighted by Crippen LogP contribution is 2.59. The van der Waals surface area contributed by atoms with E-state index in [2.05, 4.69) is 248 Å². The normalized spacial score (nSPS) is 11.8. The molecule has 11 rings (SSSR count). The number of hydrogen-bond donors (Lipinski definition) is 0.